The zero-order valence-electron chi connectivity index (χ0n) is 16.7. The van der Waals surface area contributed by atoms with E-state index in [2.05, 4.69) is 4.99 Å². The van der Waals surface area contributed by atoms with Gasteiger partial charge in [-0.25, -0.2) is 12.7 Å². The van der Waals surface area contributed by atoms with Gasteiger partial charge in [-0.15, -0.1) is 0 Å². The minimum atomic E-state index is -3.81. The highest BCUT2D eigenvalue weighted by Gasteiger charge is 2.33. The fourth-order valence-electron chi connectivity index (χ4n) is 2.75. The quantitative estimate of drug-likeness (QED) is 0.597. The molecule has 0 bridgehead atoms. The first-order valence-corrected chi connectivity index (χ1v) is 11.8. The van der Waals surface area contributed by atoms with E-state index in [4.69, 9.17) is 4.42 Å². The Kier molecular flexibility index (Phi) is 6.64. The number of carbonyl (C=O) groups is 1. The van der Waals surface area contributed by atoms with E-state index in [1.165, 1.54) is 4.31 Å². The van der Waals surface area contributed by atoms with Gasteiger partial charge in [0.25, 0.3) is 15.9 Å². The summed E-state index contributed by atoms with van der Waals surface area (Å²) in [6.07, 6.45) is 3.85. The predicted octanol–water partition coefficient (Wildman–Crippen LogP) is 4.61. The first-order valence-electron chi connectivity index (χ1n) is 9.55. The number of hydrogen-bond donors (Lipinski definition) is 0. The molecule has 1 aromatic heterocycles. The molecule has 29 heavy (non-hydrogen) atoms. The lowest BCUT2D eigenvalue weighted by atomic mass is 10.2. The molecule has 3 rings (SSSR count). The third-order valence-electron chi connectivity index (χ3n) is 4.45. The summed E-state index contributed by atoms with van der Waals surface area (Å²) in [5, 5.41) is 0.178. The number of aryl methyl sites for hydroxylation is 2. The number of amides is 1. The maximum atomic E-state index is 13.2. The van der Waals surface area contributed by atoms with E-state index in [0.29, 0.717) is 17.1 Å². The minimum absolute atomic E-state index is 0.178. The lowest BCUT2D eigenvalue weighted by molar-refractivity contribution is -0.113. The van der Waals surface area contributed by atoms with Gasteiger partial charge in [0.2, 0.25) is 0 Å². The molecule has 1 amide bonds. The van der Waals surface area contributed by atoms with E-state index >= 15 is 0 Å². The van der Waals surface area contributed by atoms with Crippen molar-refractivity contribution in [1.82, 2.24) is 4.31 Å². The fourth-order valence-corrected chi connectivity index (χ4v) is 5.34. The van der Waals surface area contributed by atoms with Gasteiger partial charge in [-0.1, -0.05) is 38.0 Å². The van der Waals surface area contributed by atoms with E-state index in [1.54, 1.807) is 36.4 Å². The summed E-state index contributed by atoms with van der Waals surface area (Å²) in [5.74, 6) is 0.913. The van der Waals surface area contributed by atoms with Crippen LogP contribution in [0, 0.1) is 6.92 Å². The Bertz CT molecular complexity index is 1050. The van der Waals surface area contributed by atoms with E-state index in [9.17, 15) is 13.2 Å². The lowest BCUT2D eigenvalue weighted by Gasteiger charge is -2.23. The summed E-state index contributed by atoms with van der Waals surface area (Å²) in [5.41, 5.74) is 0.974. The van der Waals surface area contributed by atoms with Crippen LogP contribution in [0.2, 0.25) is 0 Å². The van der Waals surface area contributed by atoms with Gasteiger partial charge in [-0.2, -0.15) is 4.99 Å². The zero-order valence-corrected chi connectivity index (χ0v) is 18.3. The summed E-state index contributed by atoms with van der Waals surface area (Å²) in [6, 6.07) is 10.3. The molecule has 1 aromatic carbocycles. The van der Waals surface area contributed by atoms with Crippen LogP contribution >= 0.6 is 11.8 Å². The number of nitrogens with zero attached hydrogens (tertiary/aromatic N) is 2. The van der Waals surface area contributed by atoms with Gasteiger partial charge in [-0.05, 0) is 49.4 Å². The van der Waals surface area contributed by atoms with Crippen LogP contribution in [0.1, 0.15) is 43.8 Å². The van der Waals surface area contributed by atoms with Crippen LogP contribution in [0.4, 0.5) is 0 Å². The maximum absolute atomic E-state index is 13.2. The molecule has 0 spiro atoms. The van der Waals surface area contributed by atoms with Crippen molar-refractivity contribution in [1.29, 1.82) is 0 Å². The molecule has 0 saturated heterocycles. The minimum Gasteiger partial charge on any atom is -0.462 e. The number of furan rings is 1. The number of rotatable bonds is 7. The second-order valence-electron chi connectivity index (χ2n) is 6.71. The summed E-state index contributed by atoms with van der Waals surface area (Å²) in [6.45, 7) is 6.13. The Labute approximate surface area is 175 Å². The van der Waals surface area contributed by atoms with E-state index in [0.717, 1.165) is 35.9 Å². The number of aliphatic imine (C=N–C) groups is 1. The Morgan fingerprint density at radius 3 is 2.48 bits per heavy atom. The largest absolute Gasteiger partial charge is 0.462 e. The molecule has 0 aliphatic carbocycles. The topological polar surface area (TPSA) is 80.0 Å². The smallest absolute Gasteiger partial charge is 0.286 e. The van der Waals surface area contributed by atoms with Crippen LogP contribution in [0.3, 0.4) is 0 Å². The molecule has 0 radical (unpaired) electrons. The number of benzene rings is 1. The normalized spacial score (nSPS) is 15.8. The van der Waals surface area contributed by atoms with Gasteiger partial charge in [-0.3, -0.25) is 4.79 Å². The highest BCUT2D eigenvalue weighted by Crippen LogP contribution is 2.33. The van der Waals surface area contributed by atoms with Crippen molar-refractivity contribution in [3.8, 4) is 0 Å². The van der Waals surface area contributed by atoms with Gasteiger partial charge in [0, 0.05) is 19.0 Å². The molecule has 1 aliphatic heterocycles. The van der Waals surface area contributed by atoms with Crippen molar-refractivity contribution in [2.45, 2.75) is 44.9 Å². The lowest BCUT2D eigenvalue weighted by Crippen LogP contribution is -2.35. The van der Waals surface area contributed by atoms with Crippen LogP contribution in [0.25, 0.3) is 6.08 Å². The third-order valence-corrected chi connectivity index (χ3v) is 7.38. The van der Waals surface area contributed by atoms with Gasteiger partial charge < -0.3 is 4.42 Å². The summed E-state index contributed by atoms with van der Waals surface area (Å²) in [7, 11) is -3.81. The Morgan fingerprint density at radius 1 is 1.14 bits per heavy atom. The van der Waals surface area contributed by atoms with Crippen molar-refractivity contribution >= 4 is 38.9 Å². The highest BCUT2D eigenvalue weighted by atomic mass is 32.2. The molecule has 2 aromatic rings. The number of hydrogen-bond acceptors (Lipinski definition) is 5. The number of thioether (sulfide) groups is 1. The predicted molar refractivity (Wildman–Crippen MR) is 116 cm³/mol. The van der Waals surface area contributed by atoms with Gasteiger partial charge >= 0.3 is 0 Å². The molecule has 0 saturated carbocycles. The molecule has 0 atom stereocenters. The van der Waals surface area contributed by atoms with Crippen molar-refractivity contribution in [2.24, 2.45) is 4.99 Å². The van der Waals surface area contributed by atoms with Gasteiger partial charge in [0.05, 0.1) is 9.80 Å². The van der Waals surface area contributed by atoms with Crippen LogP contribution in [0.15, 0.2) is 55.6 Å². The monoisotopic (exact) mass is 432 g/mol. The third kappa shape index (κ3) is 4.82. The number of amidine groups is 1. The van der Waals surface area contributed by atoms with Crippen LogP contribution < -0.4 is 0 Å². The highest BCUT2D eigenvalue weighted by molar-refractivity contribution is 8.19. The van der Waals surface area contributed by atoms with Gasteiger partial charge in [0.1, 0.15) is 11.5 Å². The van der Waals surface area contributed by atoms with Crippen molar-refractivity contribution < 1.29 is 17.6 Å². The number of sulfonamides is 1. The van der Waals surface area contributed by atoms with Crippen molar-refractivity contribution in [3.05, 3.63) is 58.4 Å². The van der Waals surface area contributed by atoms with Crippen molar-refractivity contribution in [2.75, 3.05) is 6.54 Å². The first kappa shape index (κ1) is 21.4. The van der Waals surface area contributed by atoms with E-state index < -0.39 is 15.9 Å². The van der Waals surface area contributed by atoms with E-state index in [1.807, 2.05) is 26.8 Å². The molecule has 1 aliphatic rings. The van der Waals surface area contributed by atoms with Gasteiger partial charge in [0.15, 0.2) is 5.17 Å². The summed E-state index contributed by atoms with van der Waals surface area (Å²) >= 11 is 1.06. The van der Waals surface area contributed by atoms with Crippen molar-refractivity contribution in [3.63, 3.8) is 0 Å². The molecule has 0 fully saturated rings. The summed E-state index contributed by atoms with van der Waals surface area (Å²) < 4.78 is 33.3. The molecule has 0 unspecified atom stereocenters. The Balaban J connectivity index is 1.90. The SMILES string of the molecule is CCCCN(C1=NC(=O)/C(=C/c2ccc(CC)o2)S1)S(=O)(=O)c1ccc(C)cc1. The number of carbonyl (C=O) groups excluding carboxylic acids is 1. The molecule has 154 valence electrons. The van der Waals surface area contributed by atoms with Crippen LogP contribution in [-0.4, -0.2) is 30.3 Å². The maximum Gasteiger partial charge on any atom is 0.286 e. The Hall–Kier alpha value is -2.32. The molecule has 2 heterocycles. The van der Waals surface area contributed by atoms with Crippen LogP contribution in [-0.2, 0) is 21.2 Å². The average Bonchev–Trinajstić information content (AvgIpc) is 3.29. The molecule has 0 N–H and O–H groups in total. The first-order chi connectivity index (χ1) is 13.8. The fraction of sp³-hybridized carbons (Fsp3) is 0.333. The van der Waals surface area contributed by atoms with E-state index in [-0.39, 0.29) is 16.6 Å². The summed E-state index contributed by atoms with van der Waals surface area (Å²) in [4.78, 5) is 17.0. The average molecular weight is 433 g/mol. The molecular formula is C21H24N2O4S2. The number of unbranched alkanes of at least 4 members (excludes halogenated alkanes) is 1. The zero-order chi connectivity index (χ0) is 21.0. The molecular weight excluding hydrogens is 408 g/mol. The van der Waals surface area contributed by atoms with Crippen LogP contribution in [0.5, 0.6) is 0 Å². The standard InChI is InChI=1S/C21H24N2O4S2/c1-4-6-13-23(29(25,26)18-11-7-15(3)8-12-18)21-22-20(24)19(28-21)14-17-10-9-16(5-2)27-17/h7-12,14H,4-6,13H2,1-3H3/b19-14-. The second kappa shape index (κ2) is 9.00. The molecule has 8 heteroatoms. The molecule has 6 nitrogen and oxygen atoms in total. The second-order valence-corrected chi connectivity index (χ2v) is 9.58. The Morgan fingerprint density at radius 2 is 1.86 bits per heavy atom.